The summed E-state index contributed by atoms with van der Waals surface area (Å²) in [7, 11) is 0. The molecule has 0 saturated carbocycles. The molecular weight excluding hydrogens is 232 g/mol. The first-order valence-electron chi connectivity index (χ1n) is 5.81. The molecule has 4 heteroatoms. The van der Waals surface area contributed by atoms with Crippen LogP contribution in [0.15, 0.2) is 36.4 Å². The molecule has 18 heavy (non-hydrogen) atoms. The second-order valence-corrected chi connectivity index (χ2v) is 4.27. The van der Waals surface area contributed by atoms with E-state index in [1.54, 1.807) is 6.92 Å². The Balaban J connectivity index is 1.79. The highest BCUT2D eigenvalue weighted by molar-refractivity contribution is 5.86. The van der Waals surface area contributed by atoms with Gasteiger partial charge in [0.25, 0.3) is 0 Å². The Kier molecular flexibility index (Phi) is 3.99. The van der Waals surface area contributed by atoms with E-state index in [-0.39, 0.29) is 18.7 Å². The normalized spacial score (nSPS) is 17.1. The molecule has 1 saturated heterocycles. The van der Waals surface area contributed by atoms with Crippen LogP contribution in [0.2, 0.25) is 0 Å². The first-order chi connectivity index (χ1) is 8.65. The van der Waals surface area contributed by atoms with Crippen molar-refractivity contribution in [3.63, 3.8) is 0 Å². The van der Waals surface area contributed by atoms with E-state index >= 15 is 0 Å². The molecule has 0 bridgehead atoms. The highest BCUT2D eigenvalue weighted by atomic mass is 16.6. The molecule has 2 rings (SSSR count). The molecule has 4 nitrogen and oxygen atoms in total. The number of benzene rings is 1. The first kappa shape index (κ1) is 12.6. The van der Waals surface area contributed by atoms with Crippen molar-refractivity contribution in [2.24, 2.45) is 0 Å². The quantitative estimate of drug-likeness (QED) is 0.439. The second kappa shape index (κ2) is 5.69. The lowest BCUT2D eigenvalue weighted by Gasteiger charge is -2.07. The van der Waals surface area contributed by atoms with Gasteiger partial charge >= 0.3 is 5.97 Å². The zero-order valence-corrected chi connectivity index (χ0v) is 10.3. The van der Waals surface area contributed by atoms with Crippen molar-refractivity contribution in [1.82, 2.24) is 0 Å². The lowest BCUT2D eigenvalue weighted by Crippen LogP contribution is -2.05. The Morgan fingerprint density at radius 2 is 2.11 bits per heavy atom. The average molecular weight is 248 g/mol. The van der Waals surface area contributed by atoms with Gasteiger partial charge in [-0.3, -0.25) is 0 Å². The summed E-state index contributed by atoms with van der Waals surface area (Å²) in [5.74, 6) is 0.418. The van der Waals surface area contributed by atoms with Gasteiger partial charge in [-0.15, -0.1) is 0 Å². The van der Waals surface area contributed by atoms with Crippen LogP contribution in [-0.4, -0.2) is 25.3 Å². The summed E-state index contributed by atoms with van der Waals surface area (Å²) in [6, 6.07) is 7.45. The zero-order valence-electron chi connectivity index (χ0n) is 10.3. The summed E-state index contributed by atoms with van der Waals surface area (Å²) in [6.45, 7) is 6.77. The molecule has 1 aliphatic rings. The van der Waals surface area contributed by atoms with Crippen LogP contribution in [0.25, 0.3) is 0 Å². The lowest BCUT2D eigenvalue weighted by atomic mass is 10.2. The minimum Gasteiger partial charge on any atom is -0.491 e. The van der Waals surface area contributed by atoms with Gasteiger partial charge < -0.3 is 14.2 Å². The Labute approximate surface area is 106 Å². The molecule has 0 aromatic heterocycles. The van der Waals surface area contributed by atoms with Crippen LogP contribution in [0, 0.1) is 0 Å². The third-order valence-electron chi connectivity index (χ3n) is 2.48. The molecule has 1 fully saturated rings. The second-order valence-electron chi connectivity index (χ2n) is 4.27. The molecule has 1 aromatic rings. The highest BCUT2D eigenvalue weighted by Gasteiger charge is 2.22. The maximum atomic E-state index is 11.2. The van der Waals surface area contributed by atoms with Crippen molar-refractivity contribution in [3.8, 4) is 5.75 Å². The van der Waals surface area contributed by atoms with Gasteiger partial charge in [0.2, 0.25) is 0 Å². The van der Waals surface area contributed by atoms with E-state index in [1.807, 2.05) is 24.3 Å². The number of rotatable bonds is 6. The van der Waals surface area contributed by atoms with Crippen molar-refractivity contribution < 1.29 is 19.0 Å². The first-order valence-corrected chi connectivity index (χ1v) is 5.81. The summed E-state index contributed by atoms with van der Waals surface area (Å²) in [4.78, 5) is 11.2. The van der Waals surface area contributed by atoms with Gasteiger partial charge in [0.15, 0.2) is 0 Å². The highest BCUT2D eigenvalue weighted by Crippen LogP contribution is 2.16. The predicted molar refractivity (Wildman–Crippen MR) is 66.3 cm³/mol. The zero-order chi connectivity index (χ0) is 13.0. The lowest BCUT2D eigenvalue weighted by molar-refractivity contribution is -0.140. The topological polar surface area (TPSA) is 48.1 Å². The number of hydrogen-bond acceptors (Lipinski definition) is 4. The molecule has 1 unspecified atom stereocenters. The number of carbonyl (C=O) groups excluding carboxylic acids is 1. The molecule has 0 aliphatic carbocycles. The van der Waals surface area contributed by atoms with Gasteiger partial charge in [-0.05, 0) is 24.6 Å². The Morgan fingerprint density at radius 3 is 2.67 bits per heavy atom. The number of hydrogen-bond donors (Lipinski definition) is 0. The molecule has 1 heterocycles. The van der Waals surface area contributed by atoms with Crippen LogP contribution in [0.1, 0.15) is 12.5 Å². The van der Waals surface area contributed by atoms with Crippen molar-refractivity contribution in [1.29, 1.82) is 0 Å². The summed E-state index contributed by atoms with van der Waals surface area (Å²) in [5.41, 5.74) is 1.32. The van der Waals surface area contributed by atoms with Crippen LogP contribution in [0.4, 0.5) is 0 Å². The maximum absolute atomic E-state index is 11.2. The molecule has 0 amide bonds. The van der Waals surface area contributed by atoms with Crippen LogP contribution in [0.5, 0.6) is 5.75 Å². The summed E-state index contributed by atoms with van der Waals surface area (Å²) < 4.78 is 15.6. The SMILES string of the molecule is C=C(C)C(=O)OCc1ccc(OCC2CO2)cc1. The van der Waals surface area contributed by atoms with Crippen LogP contribution in [-0.2, 0) is 20.9 Å². The summed E-state index contributed by atoms with van der Waals surface area (Å²) >= 11 is 0. The number of esters is 1. The summed E-state index contributed by atoms with van der Waals surface area (Å²) in [6.07, 6.45) is 0.251. The van der Waals surface area contributed by atoms with E-state index in [0.717, 1.165) is 17.9 Å². The Hall–Kier alpha value is -1.81. The predicted octanol–water partition coefficient (Wildman–Crippen LogP) is 2.08. The van der Waals surface area contributed by atoms with Crippen LogP contribution in [0.3, 0.4) is 0 Å². The number of epoxide rings is 1. The van der Waals surface area contributed by atoms with Gasteiger partial charge in [-0.2, -0.15) is 0 Å². The Morgan fingerprint density at radius 1 is 1.44 bits per heavy atom. The van der Waals surface area contributed by atoms with Crippen molar-refractivity contribution in [2.45, 2.75) is 19.6 Å². The monoisotopic (exact) mass is 248 g/mol. The van der Waals surface area contributed by atoms with Gasteiger partial charge in [-0.25, -0.2) is 4.79 Å². The van der Waals surface area contributed by atoms with Crippen molar-refractivity contribution in [2.75, 3.05) is 13.2 Å². The fourth-order valence-corrected chi connectivity index (χ4v) is 1.31. The standard InChI is InChI=1S/C14H16O4/c1-10(2)14(15)18-7-11-3-5-12(6-4-11)16-8-13-9-17-13/h3-6,13H,1,7-9H2,2H3. The van der Waals surface area contributed by atoms with E-state index in [4.69, 9.17) is 14.2 Å². The molecule has 0 spiro atoms. The van der Waals surface area contributed by atoms with E-state index < -0.39 is 0 Å². The molecule has 1 atom stereocenters. The van der Waals surface area contributed by atoms with Gasteiger partial charge in [0.1, 0.15) is 25.1 Å². The molecule has 96 valence electrons. The maximum Gasteiger partial charge on any atom is 0.333 e. The largest absolute Gasteiger partial charge is 0.491 e. The van der Waals surface area contributed by atoms with E-state index in [0.29, 0.717) is 12.2 Å². The van der Waals surface area contributed by atoms with Gasteiger partial charge in [-0.1, -0.05) is 18.7 Å². The number of carbonyl (C=O) groups is 1. The smallest absolute Gasteiger partial charge is 0.333 e. The average Bonchev–Trinajstić information content (AvgIpc) is 3.18. The fraction of sp³-hybridized carbons (Fsp3) is 0.357. The molecule has 1 aliphatic heterocycles. The van der Waals surface area contributed by atoms with E-state index in [9.17, 15) is 4.79 Å². The molecular formula is C14H16O4. The minimum absolute atomic E-state index is 0.248. The van der Waals surface area contributed by atoms with Crippen LogP contribution < -0.4 is 4.74 Å². The van der Waals surface area contributed by atoms with Gasteiger partial charge in [0.05, 0.1) is 6.61 Å². The molecule has 0 N–H and O–H groups in total. The van der Waals surface area contributed by atoms with Crippen molar-refractivity contribution >= 4 is 5.97 Å². The third kappa shape index (κ3) is 3.89. The minimum atomic E-state index is -0.374. The van der Waals surface area contributed by atoms with E-state index in [1.165, 1.54) is 0 Å². The molecule has 1 aromatic carbocycles. The summed E-state index contributed by atoms with van der Waals surface area (Å²) in [5, 5.41) is 0. The van der Waals surface area contributed by atoms with Crippen molar-refractivity contribution in [3.05, 3.63) is 42.0 Å². The number of ether oxygens (including phenoxy) is 3. The van der Waals surface area contributed by atoms with Gasteiger partial charge in [0, 0.05) is 5.57 Å². The Bertz CT molecular complexity index is 432. The van der Waals surface area contributed by atoms with Crippen LogP contribution >= 0.6 is 0 Å². The third-order valence-corrected chi connectivity index (χ3v) is 2.48. The fourth-order valence-electron chi connectivity index (χ4n) is 1.31. The molecule has 0 radical (unpaired) electrons. The van der Waals surface area contributed by atoms with E-state index in [2.05, 4.69) is 6.58 Å².